The molecule has 3 rings (SSSR count). The average Bonchev–Trinajstić information content (AvgIpc) is 3.00. The van der Waals surface area contributed by atoms with Crippen molar-refractivity contribution in [1.82, 2.24) is 5.16 Å². The Kier molecular flexibility index (Phi) is 4.43. The van der Waals surface area contributed by atoms with Crippen LogP contribution in [0.2, 0.25) is 19.6 Å². The minimum atomic E-state index is -3.22. The van der Waals surface area contributed by atoms with Crippen molar-refractivity contribution in [1.29, 1.82) is 0 Å². The molecule has 4 nitrogen and oxygen atoms in total. The van der Waals surface area contributed by atoms with Crippen LogP contribution < -0.4 is 5.19 Å². The summed E-state index contributed by atoms with van der Waals surface area (Å²) in [6, 6.07) is 16.8. The van der Waals surface area contributed by atoms with E-state index in [-0.39, 0.29) is 0 Å². The average molecular weight is 372 g/mol. The number of rotatable bonds is 4. The highest BCUT2D eigenvalue weighted by Crippen LogP contribution is 2.28. The SMILES string of the molecule is C[Si](C)(C)c1c(-c2ccccc2)noc1-c1ccc(S(C)(=O)=O)cc1. The molecule has 0 spiro atoms. The Morgan fingerprint density at radius 3 is 2.00 bits per heavy atom. The number of hydrogen-bond acceptors (Lipinski definition) is 4. The van der Waals surface area contributed by atoms with Crippen LogP contribution in [0, 0.1) is 0 Å². The van der Waals surface area contributed by atoms with Gasteiger partial charge in [-0.25, -0.2) is 8.42 Å². The van der Waals surface area contributed by atoms with E-state index in [1.165, 1.54) is 6.26 Å². The van der Waals surface area contributed by atoms with Gasteiger partial charge in [-0.15, -0.1) is 0 Å². The van der Waals surface area contributed by atoms with Crippen molar-refractivity contribution in [3.63, 3.8) is 0 Å². The third-order valence-corrected chi connectivity index (χ3v) is 7.13. The Hall–Kier alpha value is -2.18. The summed E-state index contributed by atoms with van der Waals surface area (Å²) in [7, 11) is -4.98. The number of nitrogens with zero attached hydrogens (tertiary/aromatic N) is 1. The van der Waals surface area contributed by atoms with Crippen LogP contribution in [0.25, 0.3) is 22.6 Å². The highest BCUT2D eigenvalue weighted by atomic mass is 32.2. The summed E-state index contributed by atoms with van der Waals surface area (Å²) in [6.07, 6.45) is 1.21. The number of hydrogen-bond donors (Lipinski definition) is 0. The molecule has 0 unspecified atom stereocenters. The van der Waals surface area contributed by atoms with Crippen molar-refractivity contribution < 1.29 is 12.9 Å². The van der Waals surface area contributed by atoms with Gasteiger partial charge in [0, 0.05) is 22.6 Å². The van der Waals surface area contributed by atoms with E-state index in [0.717, 1.165) is 27.8 Å². The third-order valence-electron chi connectivity index (χ3n) is 4.03. The lowest BCUT2D eigenvalue weighted by molar-refractivity contribution is 0.435. The van der Waals surface area contributed by atoms with E-state index in [1.807, 2.05) is 30.3 Å². The lowest BCUT2D eigenvalue weighted by Crippen LogP contribution is -2.39. The highest BCUT2D eigenvalue weighted by molar-refractivity contribution is 7.90. The molecule has 130 valence electrons. The van der Waals surface area contributed by atoms with Gasteiger partial charge < -0.3 is 4.52 Å². The van der Waals surface area contributed by atoms with Gasteiger partial charge in [0.2, 0.25) is 0 Å². The Bertz CT molecular complexity index is 985. The van der Waals surface area contributed by atoms with Crippen molar-refractivity contribution in [3.8, 4) is 22.6 Å². The van der Waals surface area contributed by atoms with Crippen LogP contribution in [-0.2, 0) is 9.84 Å². The van der Waals surface area contributed by atoms with Gasteiger partial charge >= 0.3 is 0 Å². The van der Waals surface area contributed by atoms with Crippen LogP contribution >= 0.6 is 0 Å². The largest absolute Gasteiger partial charge is 0.356 e. The van der Waals surface area contributed by atoms with Crippen LogP contribution in [0.4, 0.5) is 0 Å². The summed E-state index contributed by atoms with van der Waals surface area (Å²) in [5, 5.41) is 5.49. The predicted octanol–water partition coefficient (Wildman–Crippen LogP) is 3.96. The molecule has 0 amide bonds. The van der Waals surface area contributed by atoms with Gasteiger partial charge in [-0.1, -0.05) is 55.1 Å². The normalized spacial score (nSPS) is 12.3. The fraction of sp³-hybridized carbons (Fsp3) is 0.211. The molecule has 0 fully saturated rings. The molecule has 0 N–H and O–H groups in total. The van der Waals surface area contributed by atoms with Crippen LogP contribution in [0.15, 0.2) is 64.0 Å². The Labute approximate surface area is 149 Å². The van der Waals surface area contributed by atoms with Gasteiger partial charge in [0.15, 0.2) is 15.6 Å². The van der Waals surface area contributed by atoms with Crippen LogP contribution in [0.3, 0.4) is 0 Å². The van der Waals surface area contributed by atoms with Crippen LogP contribution in [-0.4, -0.2) is 27.9 Å². The summed E-state index contributed by atoms with van der Waals surface area (Å²) in [6.45, 7) is 6.75. The lowest BCUT2D eigenvalue weighted by atomic mass is 10.1. The molecule has 0 aliphatic carbocycles. The Morgan fingerprint density at radius 2 is 1.48 bits per heavy atom. The molecule has 0 saturated carbocycles. The number of sulfone groups is 1. The summed E-state index contributed by atoms with van der Waals surface area (Å²) in [5.74, 6) is 0.734. The minimum absolute atomic E-state index is 0.300. The quantitative estimate of drug-likeness (QED) is 0.651. The second-order valence-corrected chi connectivity index (χ2v) is 14.2. The van der Waals surface area contributed by atoms with Crippen molar-refractivity contribution in [2.75, 3.05) is 6.26 Å². The third kappa shape index (κ3) is 3.60. The van der Waals surface area contributed by atoms with Crippen LogP contribution in [0.5, 0.6) is 0 Å². The summed E-state index contributed by atoms with van der Waals surface area (Å²) in [4.78, 5) is 0.300. The summed E-state index contributed by atoms with van der Waals surface area (Å²) >= 11 is 0. The van der Waals surface area contributed by atoms with E-state index >= 15 is 0 Å². The van der Waals surface area contributed by atoms with Gasteiger partial charge in [-0.05, 0) is 24.3 Å². The molecule has 0 atom stereocenters. The van der Waals surface area contributed by atoms with Gasteiger partial charge in [-0.3, -0.25) is 0 Å². The second-order valence-electron chi connectivity index (χ2n) is 7.15. The number of aromatic nitrogens is 1. The first-order chi connectivity index (χ1) is 11.7. The van der Waals surface area contributed by atoms with Gasteiger partial charge in [0.1, 0.15) is 5.69 Å². The predicted molar refractivity (Wildman–Crippen MR) is 103 cm³/mol. The number of benzene rings is 2. The smallest absolute Gasteiger partial charge is 0.175 e. The van der Waals surface area contributed by atoms with Crippen molar-refractivity contribution in [2.24, 2.45) is 0 Å². The van der Waals surface area contributed by atoms with E-state index in [9.17, 15) is 8.42 Å². The molecule has 0 bridgehead atoms. The molecule has 1 heterocycles. The maximum Gasteiger partial charge on any atom is 0.175 e. The topological polar surface area (TPSA) is 60.2 Å². The molecule has 3 aromatic rings. The highest BCUT2D eigenvalue weighted by Gasteiger charge is 2.30. The van der Waals surface area contributed by atoms with Gasteiger partial charge in [0.05, 0.1) is 13.0 Å². The summed E-state index contributed by atoms with van der Waals surface area (Å²) < 4.78 is 29.1. The molecule has 0 aliphatic heterocycles. The van der Waals surface area contributed by atoms with Crippen molar-refractivity contribution in [2.45, 2.75) is 24.5 Å². The van der Waals surface area contributed by atoms with Crippen molar-refractivity contribution in [3.05, 3.63) is 54.6 Å². The maximum atomic E-state index is 11.7. The zero-order valence-electron chi connectivity index (χ0n) is 14.8. The molecule has 1 aromatic heterocycles. The fourth-order valence-corrected chi connectivity index (χ4v) is 5.23. The first-order valence-electron chi connectivity index (χ1n) is 8.04. The Morgan fingerprint density at radius 1 is 0.880 bits per heavy atom. The van der Waals surface area contributed by atoms with Crippen molar-refractivity contribution >= 4 is 23.1 Å². The van der Waals surface area contributed by atoms with Gasteiger partial charge in [-0.2, -0.15) is 0 Å². The molecule has 0 saturated heterocycles. The fourth-order valence-electron chi connectivity index (χ4n) is 2.83. The minimum Gasteiger partial charge on any atom is -0.356 e. The second kappa shape index (κ2) is 6.27. The first-order valence-corrected chi connectivity index (χ1v) is 13.4. The standard InChI is InChI=1S/C19H21NO3SSi/c1-24(21,22)16-12-10-15(11-13-16)18-19(25(2,3)4)17(20-23-18)14-8-6-5-7-9-14/h5-13H,1-4H3. The molecule has 0 aliphatic rings. The zero-order chi connectivity index (χ0) is 18.2. The lowest BCUT2D eigenvalue weighted by Gasteiger charge is -2.17. The zero-order valence-corrected chi connectivity index (χ0v) is 16.6. The molecule has 0 radical (unpaired) electrons. The maximum absolute atomic E-state index is 11.7. The van der Waals surface area contributed by atoms with E-state index in [0.29, 0.717) is 4.90 Å². The van der Waals surface area contributed by atoms with E-state index in [4.69, 9.17) is 4.52 Å². The molecular formula is C19H21NO3SSi. The molecule has 6 heteroatoms. The summed E-state index contributed by atoms with van der Waals surface area (Å²) in [5.41, 5.74) is 2.75. The first kappa shape index (κ1) is 17.6. The van der Waals surface area contributed by atoms with E-state index < -0.39 is 17.9 Å². The molecule has 2 aromatic carbocycles. The Balaban J connectivity index is 2.16. The van der Waals surface area contributed by atoms with Crippen LogP contribution in [0.1, 0.15) is 0 Å². The molecular weight excluding hydrogens is 350 g/mol. The monoisotopic (exact) mass is 371 g/mol. The van der Waals surface area contributed by atoms with Gasteiger partial charge in [0.25, 0.3) is 0 Å². The van der Waals surface area contributed by atoms with E-state index in [1.54, 1.807) is 24.3 Å². The molecule has 25 heavy (non-hydrogen) atoms. The van der Waals surface area contributed by atoms with E-state index in [2.05, 4.69) is 24.8 Å².